The standard InChI is InChI=1S/C19H21ClN2O2.CH2O2/c20-17-4-1-14(2-5-17)3-6-19(24)22-12-16(18(23)13-22)11-15-7-9-21-10-8-15;2-1-3/h1-2,4-5,7-10,16,18,23H,3,6,11-13H2;1H,(H,2,3)/t16-,18-;/m1./s1. The van der Waals surface area contributed by atoms with Crippen LogP contribution < -0.4 is 0 Å². The topological polar surface area (TPSA) is 90.7 Å². The van der Waals surface area contributed by atoms with E-state index in [-0.39, 0.29) is 18.3 Å². The molecule has 0 radical (unpaired) electrons. The summed E-state index contributed by atoms with van der Waals surface area (Å²) in [4.78, 5) is 26.6. The largest absolute Gasteiger partial charge is 0.483 e. The maximum Gasteiger partial charge on any atom is 0.290 e. The lowest BCUT2D eigenvalue weighted by molar-refractivity contribution is -0.130. The number of hydrogen-bond donors (Lipinski definition) is 2. The molecule has 0 bridgehead atoms. The molecule has 2 atom stereocenters. The van der Waals surface area contributed by atoms with Gasteiger partial charge in [-0.2, -0.15) is 0 Å². The van der Waals surface area contributed by atoms with Gasteiger partial charge in [0.25, 0.3) is 6.47 Å². The van der Waals surface area contributed by atoms with E-state index < -0.39 is 6.10 Å². The van der Waals surface area contributed by atoms with E-state index in [1.54, 1.807) is 17.3 Å². The molecule has 1 aliphatic heterocycles. The Morgan fingerprint density at radius 2 is 1.78 bits per heavy atom. The Labute approximate surface area is 163 Å². The van der Waals surface area contributed by atoms with Gasteiger partial charge in [0, 0.05) is 42.8 Å². The van der Waals surface area contributed by atoms with E-state index in [1.807, 2.05) is 36.4 Å². The van der Waals surface area contributed by atoms with E-state index in [0.29, 0.717) is 31.0 Å². The lowest BCUT2D eigenvalue weighted by Crippen LogP contribution is -2.29. The Morgan fingerprint density at radius 1 is 1.15 bits per heavy atom. The van der Waals surface area contributed by atoms with E-state index in [2.05, 4.69) is 4.98 Å². The van der Waals surface area contributed by atoms with Gasteiger partial charge in [-0.1, -0.05) is 23.7 Å². The maximum absolute atomic E-state index is 12.4. The molecule has 2 heterocycles. The highest BCUT2D eigenvalue weighted by atomic mass is 35.5. The minimum atomic E-state index is -0.461. The van der Waals surface area contributed by atoms with Crippen molar-refractivity contribution in [3.05, 3.63) is 64.9 Å². The smallest absolute Gasteiger partial charge is 0.290 e. The monoisotopic (exact) mass is 390 g/mol. The number of carbonyl (C=O) groups excluding carboxylic acids is 1. The third-order valence-electron chi connectivity index (χ3n) is 4.55. The fraction of sp³-hybridized carbons (Fsp3) is 0.350. The fourth-order valence-corrected chi connectivity index (χ4v) is 3.27. The molecule has 2 aromatic rings. The molecule has 0 unspecified atom stereocenters. The van der Waals surface area contributed by atoms with Crippen LogP contribution in [0.5, 0.6) is 0 Å². The molecule has 2 N–H and O–H groups in total. The zero-order chi connectivity index (χ0) is 19.6. The second kappa shape index (κ2) is 10.6. The number of nitrogens with zero attached hydrogens (tertiary/aromatic N) is 2. The zero-order valence-electron chi connectivity index (χ0n) is 14.9. The van der Waals surface area contributed by atoms with Gasteiger partial charge < -0.3 is 15.1 Å². The first-order valence-corrected chi connectivity index (χ1v) is 9.08. The summed E-state index contributed by atoms with van der Waals surface area (Å²) in [5.74, 6) is 0.188. The number of carbonyl (C=O) groups is 2. The number of hydrogen-bond acceptors (Lipinski definition) is 4. The van der Waals surface area contributed by atoms with Crippen molar-refractivity contribution in [2.75, 3.05) is 13.1 Å². The van der Waals surface area contributed by atoms with E-state index in [1.165, 1.54) is 0 Å². The molecule has 0 saturated carbocycles. The van der Waals surface area contributed by atoms with Gasteiger partial charge in [0.2, 0.25) is 5.91 Å². The molecule has 144 valence electrons. The van der Waals surface area contributed by atoms with Crippen LogP contribution in [0.4, 0.5) is 0 Å². The van der Waals surface area contributed by atoms with Crippen molar-refractivity contribution in [1.82, 2.24) is 9.88 Å². The highest BCUT2D eigenvalue weighted by Gasteiger charge is 2.33. The number of halogens is 1. The first kappa shape index (κ1) is 20.9. The Morgan fingerprint density at radius 3 is 2.41 bits per heavy atom. The summed E-state index contributed by atoms with van der Waals surface area (Å²) in [5, 5.41) is 17.9. The highest BCUT2D eigenvalue weighted by molar-refractivity contribution is 6.30. The average Bonchev–Trinajstić information content (AvgIpc) is 3.03. The molecule has 6 nitrogen and oxygen atoms in total. The summed E-state index contributed by atoms with van der Waals surface area (Å²) in [5.41, 5.74) is 2.24. The molecule has 27 heavy (non-hydrogen) atoms. The SMILES string of the molecule is O=C(CCc1ccc(Cl)cc1)N1C[C@@H](Cc2ccncc2)[C@H](O)C1.O=CO. The van der Waals surface area contributed by atoms with E-state index in [4.69, 9.17) is 21.5 Å². The van der Waals surface area contributed by atoms with Crippen molar-refractivity contribution in [2.24, 2.45) is 5.92 Å². The molecule has 0 spiro atoms. The Balaban J connectivity index is 0.000000817. The van der Waals surface area contributed by atoms with Gasteiger partial charge >= 0.3 is 0 Å². The first-order chi connectivity index (χ1) is 13.0. The van der Waals surface area contributed by atoms with Crippen molar-refractivity contribution in [3.8, 4) is 0 Å². The third-order valence-corrected chi connectivity index (χ3v) is 4.80. The van der Waals surface area contributed by atoms with Crippen molar-refractivity contribution in [3.63, 3.8) is 0 Å². The number of benzene rings is 1. The van der Waals surface area contributed by atoms with Crippen molar-refractivity contribution in [1.29, 1.82) is 0 Å². The Hall–Kier alpha value is -2.44. The summed E-state index contributed by atoms with van der Waals surface area (Å²) < 4.78 is 0. The van der Waals surface area contributed by atoms with Crippen LogP contribution >= 0.6 is 11.6 Å². The molecule has 1 fully saturated rings. The van der Waals surface area contributed by atoms with Crippen LogP contribution in [0.15, 0.2) is 48.8 Å². The van der Waals surface area contributed by atoms with Gasteiger partial charge in [-0.15, -0.1) is 0 Å². The molecule has 1 aromatic carbocycles. The summed E-state index contributed by atoms with van der Waals surface area (Å²) in [6.45, 7) is 0.790. The van der Waals surface area contributed by atoms with Crippen LogP contribution in [-0.2, 0) is 22.4 Å². The molecule has 1 aliphatic rings. The van der Waals surface area contributed by atoms with Crippen LogP contribution in [0.2, 0.25) is 5.02 Å². The molecule has 0 aliphatic carbocycles. The van der Waals surface area contributed by atoms with Gasteiger partial charge in [0.1, 0.15) is 0 Å². The predicted octanol–water partition coefficient (Wildman–Crippen LogP) is 2.43. The molecular formula is C20H23ClN2O4. The van der Waals surface area contributed by atoms with E-state index in [0.717, 1.165) is 17.5 Å². The van der Waals surface area contributed by atoms with Gasteiger partial charge in [-0.25, -0.2) is 0 Å². The summed E-state index contributed by atoms with van der Waals surface area (Å²) in [6.07, 6.45) is 4.97. The lowest BCUT2D eigenvalue weighted by Gasteiger charge is -2.16. The molecule has 1 aromatic heterocycles. The normalized spacial score (nSPS) is 18.5. The summed E-state index contributed by atoms with van der Waals surface area (Å²) in [7, 11) is 0. The second-order valence-corrected chi connectivity index (χ2v) is 6.85. The number of amides is 1. The number of pyridine rings is 1. The molecule has 3 rings (SSSR count). The van der Waals surface area contributed by atoms with E-state index in [9.17, 15) is 9.90 Å². The van der Waals surface area contributed by atoms with Crippen molar-refractivity contribution >= 4 is 24.0 Å². The second-order valence-electron chi connectivity index (χ2n) is 6.42. The number of carboxylic acid groups (broad SMARTS) is 1. The highest BCUT2D eigenvalue weighted by Crippen LogP contribution is 2.22. The summed E-state index contributed by atoms with van der Waals surface area (Å²) >= 11 is 5.87. The molecule has 1 saturated heterocycles. The van der Waals surface area contributed by atoms with Gasteiger partial charge in [-0.3, -0.25) is 14.6 Å². The minimum absolute atomic E-state index is 0.0897. The Kier molecular flexibility index (Phi) is 8.23. The molecular weight excluding hydrogens is 368 g/mol. The minimum Gasteiger partial charge on any atom is -0.483 e. The quantitative estimate of drug-likeness (QED) is 0.765. The summed E-state index contributed by atoms with van der Waals surface area (Å²) in [6, 6.07) is 11.5. The third kappa shape index (κ3) is 6.66. The number of likely N-dealkylation sites (tertiary alicyclic amines) is 1. The fourth-order valence-electron chi connectivity index (χ4n) is 3.14. The molecule has 1 amide bonds. The number of aryl methyl sites for hydroxylation is 1. The number of aliphatic hydroxyl groups is 1. The number of aliphatic hydroxyl groups excluding tert-OH is 1. The Bertz CT molecular complexity index is 725. The number of rotatable bonds is 5. The van der Waals surface area contributed by atoms with E-state index >= 15 is 0 Å². The number of β-amino-alcohol motifs (C(OH)–C–C–N with tert-alkyl or cyclic N) is 1. The van der Waals surface area contributed by atoms with Crippen LogP contribution in [-0.4, -0.2) is 51.7 Å². The lowest BCUT2D eigenvalue weighted by atomic mass is 9.97. The van der Waals surface area contributed by atoms with Crippen LogP contribution in [0.25, 0.3) is 0 Å². The number of aromatic nitrogens is 1. The predicted molar refractivity (Wildman–Crippen MR) is 102 cm³/mol. The van der Waals surface area contributed by atoms with Crippen molar-refractivity contribution in [2.45, 2.75) is 25.4 Å². The zero-order valence-corrected chi connectivity index (χ0v) is 15.6. The van der Waals surface area contributed by atoms with Gasteiger partial charge in [-0.05, 0) is 48.2 Å². The van der Waals surface area contributed by atoms with Crippen LogP contribution in [0.3, 0.4) is 0 Å². The first-order valence-electron chi connectivity index (χ1n) is 8.70. The van der Waals surface area contributed by atoms with Crippen LogP contribution in [0, 0.1) is 5.92 Å². The maximum atomic E-state index is 12.4. The van der Waals surface area contributed by atoms with Gasteiger partial charge in [0.15, 0.2) is 0 Å². The average molecular weight is 391 g/mol. The molecule has 7 heteroatoms. The van der Waals surface area contributed by atoms with Gasteiger partial charge in [0.05, 0.1) is 6.10 Å². The van der Waals surface area contributed by atoms with Crippen LogP contribution in [0.1, 0.15) is 17.5 Å². The van der Waals surface area contributed by atoms with Crippen molar-refractivity contribution < 1.29 is 19.8 Å².